The van der Waals surface area contributed by atoms with Gasteiger partial charge in [0, 0.05) is 32.2 Å². The van der Waals surface area contributed by atoms with Crippen molar-refractivity contribution in [3.63, 3.8) is 0 Å². The number of nitrogens with zero attached hydrogens (tertiary/aromatic N) is 4. The van der Waals surface area contributed by atoms with Gasteiger partial charge in [0.1, 0.15) is 0 Å². The van der Waals surface area contributed by atoms with E-state index in [-0.39, 0.29) is 0 Å². The Kier molecular flexibility index (Phi) is 3.73. The molecule has 0 amide bonds. The molecule has 3 rings (SSSR count). The summed E-state index contributed by atoms with van der Waals surface area (Å²) < 4.78 is 0. The molecule has 3 heterocycles. The summed E-state index contributed by atoms with van der Waals surface area (Å²) in [5.41, 5.74) is 1.87. The Morgan fingerprint density at radius 1 is 1.32 bits per heavy atom. The van der Waals surface area contributed by atoms with Crippen LogP contribution in [-0.2, 0) is 0 Å². The Labute approximate surface area is 122 Å². The number of rotatable bonds is 3. The second-order valence-electron chi connectivity index (χ2n) is 5.43. The Hall–Kier alpha value is -0.720. The maximum Gasteiger partial charge on any atom is 0.188 e. The first-order valence-corrected chi connectivity index (χ1v) is 8.51. The lowest BCUT2D eigenvalue weighted by molar-refractivity contribution is 0.171. The van der Waals surface area contributed by atoms with Crippen LogP contribution in [0.3, 0.4) is 0 Å². The fourth-order valence-electron chi connectivity index (χ4n) is 2.67. The molecule has 104 valence electrons. The highest BCUT2D eigenvalue weighted by molar-refractivity contribution is 7.27. The fourth-order valence-corrected chi connectivity index (χ4v) is 4.45. The minimum atomic E-state index is 0.621. The third kappa shape index (κ3) is 2.61. The Bertz CT molecular complexity index is 511. The Morgan fingerprint density at radius 3 is 2.68 bits per heavy atom. The zero-order valence-corrected chi connectivity index (χ0v) is 13.3. The van der Waals surface area contributed by atoms with E-state index in [9.17, 15) is 0 Å². The van der Waals surface area contributed by atoms with Gasteiger partial charge in [-0.3, -0.25) is 0 Å². The largest absolute Gasteiger partial charge is 0.348 e. The first-order valence-electron chi connectivity index (χ1n) is 6.82. The van der Waals surface area contributed by atoms with Crippen molar-refractivity contribution in [1.82, 2.24) is 14.9 Å². The van der Waals surface area contributed by atoms with Gasteiger partial charge < -0.3 is 9.80 Å². The number of fused-ring (bicyclic) bond motifs is 1. The summed E-state index contributed by atoms with van der Waals surface area (Å²) >= 11 is 3.34. The van der Waals surface area contributed by atoms with Gasteiger partial charge in [-0.1, -0.05) is 11.3 Å². The second-order valence-corrected chi connectivity index (χ2v) is 7.22. The maximum atomic E-state index is 4.69. The summed E-state index contributed by atoms with van der Waals surface area (Å²) in [5, 5.41) is 1.12. The molecule has 0 N–H and O–H groups in total. The van der Waals surface area contributed by atoms with Crippen LogP contribution in [0.2, 0.25) is 0 Å². The van der Waals surface area contributed by atoms with Crippen LogP contribution in [0, 0.1) is 0 Å². The van der Waals surface area contributed by atoms with Gasteiger partial charge >= 0.3 is 0 Å². The molecule has 0 radical (unpaired) electrons. The van der Waals surface area contributed by atoms with Crippen LogP contribution in [-0.4, -0.2) is 47.1 Å². The minimum Gasteiger partial charge on any atom is -0.348 e. The molecule has 0 unspecified atom stereocenters. The summed E-state index contributed by atoms with van der Waals surface area (Å²) in [7, 11) is 2.18. The zero-order chi connectivity index (χ0) is 13.4. The first kappa shape index (κ1) is 13.3. The van der Waals surface area contributed by atoms with E-state index in [1.165, 1.54) is 25.9 Å². The standard InChI is InChI=1S/C13H20N4S2/c1-9(2)17-6-4-10(5-7-17)16(3)13-15-12-11(19-13)14-8-18-12/h8-10H,4-7H2,1-3H3. The van der Waals surface area contributed by atoms with Gasteiger partial charge in [0.15, 0.2) is 14.8 Å². The van der Waals surface area contributed by atoms with Gasteiger partial charge in [-0.15, -0.1) is 11.3 Å². The van der Waals surface area contributed by atoms with Crippen molar-refractivity contribution < 1.29 is 0 Å². The number of likely N-dealkylation sites (tertiary alicyclic amines) is 1. The van der Waals surface area contributed by atoms with Crippen LogP contribution >= 0.6 is 22.7 Å². The van der Waals surface area contributed by atoms with Crippen LogP contribution in [0.25, 0.3) is 9.66 Å². The first-order chi connectivity index (χ1) is 9.15. The third-order valence-corrected chi connectivity index (χ3v) is 5.88. The summed E-state index contributed by atoms with van der Waals surface area (Å²) in [6, 6.07) is 1.29. The molecular formula is C13H20N4S2. The smallest absolute Gasteiger partial charge is 0.188 e. The lowest BCUT2D eigenvalue weighted by Gasteiger charge is -2.38. The molecule has 1 aliphatic rings. The molecule has 0 aliphatic carbocycles. The number of hydrogen-bond acceptors (Lipinski definition) is 6. The monoisotopic (exact) mass is 296 g/mol. The average molecular weight is 296 g/mol. The van der Waals surface area contributed by atoms with Crippen molar-refractivity contribution in [2.45, 2.75) is 38.8 Å². The summed E-state index contributed by atoms with van der Waals surface area (Å²) in [4.78, 5) is 16.1. The van der Waals surface area contributed by atoms with Crippen molar-refractivity contribution in [3.05, 3.63) is 5.51 Å². The molecule has 2 aromatic heterocycles. The topological polar surface area (TPSA) is 32.3 Å². The van der Waals surface area contributed by atoms with Gasteiger partial charge in [0.25, 0.3) is 0 Å². The van der Waals surface area contributed by atoms with E-state index in [1.807, 2.05) is 5.51 Å². The SMILES string of the molecule is CC(C)N1CCC(N(C)c2nc3scnc3s2)CC1. The second kappa shape index (κ2) is 5.34. The van der Waals surface area contributed by atoms with Crippen LogP contribution in [0.1, 0.15) is 26.7 Å². The Morgan fingerprint density at radius 2 is 2.05 bits per heavy atom. The summed E-state index contributed by atoms with van der Waals surface area (Å²) in [5.74, 6) is 0. The van der Waals surface area contributed by atoms with E-state index in [2.05, 4.69) is 40.7 Å². The highest BCUT2D eigenvalue weighted by Crippen LogP contribution is 2.32. The van der Waals surface area contributed by atoms with Crippen LogP contribution in [0.4, 0.5) is 5.13 Å². The lowest BCUT2D eigenvalue weighted by atomic mass is 10.0. The van der Waals surface area contributed by atoms with Gasteiger partial charge in [0.05, 0.1) is 5.51 Å². The molecule has 0 bridgehead atoms. The molecular weight excluding hydrogens is 276 g/mol. The average Bonchev–Trinajstić information content (AvgIpc) is 2.98. The molecule has 2 aromatic rings. The van der Waals surface area contributed by atoms with Crippen LogP contribution in [0.15, 0.2) is 5.51 Å². The van der Waals surface area contributed by atoms with E-state index in [0.29, 0.717) is 12.1 Å². The number of hydrogen-bond donors (Lipinski definition) is 0. The lowest BCUT2D eigenvalue weighted by Crippen LogP contribution is -2.45. The van der Waals surface area contributed by atoms with E-state index in [0.717, 1.165) is 14.8 Å². The molecule has 4 nitrogen and oxygen atoms in total. The minimum absolute atomic E-state index is 0.621. The molecule has 19 heavy (non-hydrogen) atoms. The maximum absolute atomic E-state index is 4.69. The normalized spacial score (nSPS) is 18.5. The molecule has 0 spiro atoms. The highest BCUT2D eigenvalue weighted by atomic mass is 32.1. The predicted octanol–water partition coefficient (Wildman–Crippen LogP) is 3.06. The van der Waals surface area contributed by atoms with Crippen molar-refractivity contribution >= 4 is 37.5 Å². The van der Waals surface area contributed by atoms with E-state index in [4.69, 9.17) is 0 Å². The van der Waals surface area contributed by atoms with Gasteiger partial charge in [0.2, 0.25) is 0 Å². The summed E-state index contributed by atoms with van der Waals surface area (Å²) in [6.07, 6.45) is 2.46. The number of aromatic nitrogens is 2. The van der Waals surface area contributed by atoms with Crippen molar-refractivity contribution in [2.24, 2.45) is 0 Å². The molecule has 0 atom stereocenters. The molecule has 0 aromatic carbocycles. The van der Waals surface area contributed by atoms with Crippen molar-refractivity contribution in [1.29, 1.82) is 0 Å². The molecule has 1 fully saturated rings. The molecule has 1 aliphatic heterocycles. The van der Waals surface area contributed by atoms with E-state index >= 15 is 0 Å². The fraction of sp³-hybridized carbons (Fsp3) is 0.692. The highest BCUT2D eigenvalue weighted by Gasteiger charge is 2.25. The van der Waals surface area contributed by atoms with Crippen molar-refractivity contribution in [3.8, 4) is 0 Å². The molecule has 6 heteroatoms. The number of piperidine rings is 1. The predicted molar refractivity (Wildman–Crippen MR) is 83.4 cm³/mol. The molecule has 1 saturated heterocycles. The Balaban J connectivity index is 1.68. The molecule has 0 saturated carbocycles. The van der Waals surface area contributed by atoms with Gasteiger partial charge in [-0.2, -0.15) is 0 Å². The van der Waals surface area contributed by atoms with E-state index in [1.54, 1.807) is 22.7 Å². The van der Waals surface area contributed by atoms with Crippen LogP contribution < -0.4 is 4.90 Å². The van der Waals surface area contributed by atoms with Crippen molar-refractivity contribution in [2.75, 3.05) is 25.0 Å². The third-order valence-electron chi connectivity index (χ3n) is 3.98. The number of thiazole rings is 2. The van der Waals surface area contributed by atoms with Gasteiger partial charge in [-0.05, 0) is 26.7 Å². The van der Waals surface area contributed by atoms with Gasteiger partial charge in [-0.25, -0.2) is 9.97 Å². The van der Waals surface area contributed by atoms with Crippen LogP contribution in [0.5, 0.6) is 0 Å². The van der Waals surface area contributed by atoms with E-state index < -0.39 is 0 Å². The number of anilines is 1. The quantitative estimate of drug-likeness (QED) is 0.871. The summed E-state index contributed by atoms with van der Waals surface area (Å²) in [6.45, 7) is 6.96. The zero-order valence-electron chi connectivity index (χ0n) is 11.7.